The van der Waals surface area contributed by atoms with Crippen LogP contribution in [-0.4, -0.2) is 37.7 Å². The van der Waals surface area contributed by atoms with Gasteiger partial charge in [0.2, 0.25) is 0 Å². The second-order valence-electron chi connectivity index (χ2n) is 6.64. The lowest BCUT2D eigenvalue weighted by molar-refractivity contribution is -0.122. The molecule has 2 aromatic rings. The maximum absolute atomic E-state index is 13.3. The number of rotatable bonds is 8. The zero-order valence-corrected chi connectivity index (χ0v) is 20.2. The molecule has 0 bridgehead atoms. The summed E-state index contributed by atoms with van der Waals surface area (Å²) >= 11 is 2.07. The molecule has 8 nitrogen and oxygen atoms in total. The van der Waals surface area contributed by atoms with E-state index in [1.807, 2.05) is 6.92 Å². The first-order valence-corrected chi connectivity index (χ1v) is 11.1. The molecule has 1 saturated heterocycles. The lowest BCUT2D eigenvalue weighted by atomic mass is 10.1. The van der Waals surface area contributed by atoms with E-state index in [9.17, 15) is 14.4 Å². The SMILES string of the molecule is C#CCOc1ccc(/C=C2\C(=O)NC(=O)N(c3cc(OCC)ccc3OCC)C2=O)cc1I. The van der Waals surface area contributed by atoms with Gasteiger partial charge in [0.1, 0.15) is 29.4 Å². The van der Waals surface area contributed by atoms with Crippen LogP contribution >= 0.6 is 22.6 Å². The lowest BCUT2D eigenvalue weighted by Crippen LogP contribution is -2.54. The number of halogens is 1. The normalized spacial score (nSPS) is 14.7. The average molecular weight is 560 g/mol. The Hall–Kier alpha value is -3.52. The number of carbonyl (C=O) groups excluding carboxylic acids is 3. The van der Waals surface area contributed by atoms with Gasteiger partial charge in [-0.2, -0.15) is 0 Å². The van der Waals surface area contributed by atoms with E-state index >= 15 is 0 Å². The van der Waals surface area contributed by atoms with Gasteiger partial charge in [-0.15, -0.1) is 6.42 Å². The molecule has 1 aliphatic rings. The summed E-state index contributed by atoms with van der Waals surface area (Å²) in [5.74, 6) is 2.17. The predicted molar refractivity (Wildman–Crippen MR) is 131 cm³/mol. The van der Waals surface area contributed by atoms with Gasteiger partial charge >= 0.3 is 6.03 Å². The minimum Gasteiger partial charge on any atom is -0.494 e. The number of hydrogen-bond donors (Lipinski definition) is 1. The van der Waals surface area contributed by atoms with Crippen molar-refractivity contribution in [2.45, 2.75) is 13.8 Å². The number of benzene rings is 2. The third-order valence-electron chi connectivity index (χ3n) is 4.46. The Morgan fingerprint density at radius 1 is 1.03 bits per heavy atom. The number of amides is 4. The lowest BCUT2D eigenvalue weighted by Gasteiger charge is -2.28. The van der Waals surface area contributed by atoms with E-state index < -0.39 is 17.8 Å². The van der Waals surface area contributed by atoms with Gasteiger partial charge in [0.15, 0.2) is 0 Å². The van der Waals surface area contributed by atoms with Gasteiger partial charge in [0.25, 0.3) is 11.8 Å². The molecule has 3 rings (SSSR count). The number of hydrogen-bond acceptors (Lipinski definition) is 6. The molecule has 33 heavy (non-hydrogen) atoms. The van der Waals surface area contributed by atoms with Gasteiger partial charge in [0.05, 0.1) is 22.5 Å². The summed E-state index contributed by atoms with van der Waals surface area (Å²) < 4.78 is 17.3. The van der Waals surface area contributed by atoms with Crippen LogP contribution in [0.3, 0.4) is 0 Å². The van der Waals surface area contributed by atoms with E-state index in [2.05, 4.69) is 33.8 Å². The van der Waals surface area contributed by atoms with Gasteiger partial charge in [0, 0.05) is 6.07 Å². The Morgan fingerprint density at radius 2 is 1.76 bits per heavy atom. The number of nitrogens with zero attached hydrogens (tertiary/aromatic N) is 1. The Morgan fingerprint density at radius 3 is 2.42 bits per heavy atom. The number of urea groups is 1. The van der Waals surface area contributed by atoms with Crippen molar-refractivity contribution in [3.63, 3.8) is 0 Å². The molecule has 4 amide bonds. The molecule has 1 fully saturated rings. The van der Waals surface area contributed by atoms with Gasteiger partial charge in [-0.3, -0.25) is 14.9 Å². The first-order chi connectivity index (χ1) is 15.9. The summed E-state index contributed by atoms with van der Waals surface area (Å²) in [6, 6.07) is 9.06. The third-order valence-corrected chi connectivity index (χ3v) is 5.30. The largest absolute Gasteiger partial charge is 0.494 e. The van der Waals surface area contributed by atoms with Crippen LogP contribution < -0.4 is 24.4 Å². The topological polar surface area (TPSA) is 94.2 Å². The summed E-state index contributed by atoms with van der Waals surface area (Å²) in [5.41, 5.74) is 0.552. The monoisotopic (exact) mass is 560 g/mol. The van der Waals surface area contributed by atoms with E-state index in [1.54, 1.807) is 37.3 Å². The van der Waals surface area contributed by atoms with Crippen molar-refractivity contribution in [3.05, 3.63) is 51.1 Å². The number of ether oxygens (including phenoxy) is 3. The summed E-state index contributed by atoms with van der Waals surface area (Å²) in [4.78, 5) is 39.3. The summed E-state index contributed by atoms with van der Waals surface area (Å²) in [5, 5.41) is 2.22. The van der Waals surface area contributed by atoms with Crippen LogP contribution in [-0.2, 0) is 9.59 Å². The van der Waals surface area contributed by atoms with E-state index in [0.717, 1.165) is 8.47 Å². The van der Waals surface area contributed by atoms with Crippen molar-refractivity contribution in [3.8, 4) is 29.6 Å². The Kier molecular flexibility index (Phi) is 7.95. The molecule has 1 heterocycles. The van der Waals surface area contributed by atoms with Crippen LogP contribution in [0.5, 0.6) is 17.2 Å². The molecule has 9 heteroatoms. The maximum atomic E-state index is 13.3. The highest BCUT2D eigenvalue weighted by atomic mass is 127. The number of terminal acetylenes is 1. The van der Waals surface area contributed by atoms with Crippen LogP contribution in [0.15, 0.2) is 42.0 Å². The fourth-order valence-electron chi connectivity index (χ4n) is 3.09. The molecule has 1 N–H and O–H groups in total. The standard InChI is InChI=1S/C24H21IN2O6/c1-4-11-33-20-9-7-15(13-18(20)25)12-17-22(28)26-24(30)27(23(17)29)19-14-16(31-5-2)8-10-21(19)32-6-3/h1,7-10,12-14H,5-6,11H2,2-3H3,(H,26,28,30)/b17-12+. The third kappa shape index (κ3) is 5.46. The molecular formula is C24H21IN2O6. The molecule has 0 aliphatic carbocycles. The van der Waals surface area contributed by atoms with Crippen LogP contribution in [0.1, 0.15) is 19.4 Å². The highest BCUT2D eigenvalue weighted by molar-refractivity contribution is 14.1. The molecule has 170 valence electrons. The molecule has 0 aromatic heterocycles. The molecule has 0 unspecified atom stereocenters. The van der Waals surface area contributed by atoms with E-state index in [4.69, 9.17) is 20.6 Å². The molecule has 1 aliphatic heterocycles. The zero-order valence-electron chi connectivity index (χ0n) is 18.0. The predicted octanol–water partition coefficient (Wildman–Crippen LogP) is 3.77. The van der Waals surface area contributed by atoms with Crippen LogP contribution in [0.4, 0.5) is 10.5 Å². The quantitative estimate of drug-likeness (QED) is 0.229. The molecule has 0 atom stereocenters. The van der Waals surface area contributed by atoms with Gasteiger partial charge < -0.3 is 14.2 Å². The van der Waals surface area contributed by atoms with Gasteiger partial charge in [-0.1, -0.05) is 12.0 Å². The second-order valence-corrected chi connectivity index (χ2v) is 7.80. The van der Waals surface area contributed by atoms with Gasteiger partial charge in [-0.25, -0.2) is 9.69 Å². The average Bonchev–Trinajstić information content (AvgIpc) is 2.78. The van der Waals surface area contributed by atoms with Crippen molar-refractivity contribution in [1.29, 1.82) is 0 Å². The van der Waals surface area contributed by atoms with E-state index in [-0.39, 0.29) is 17.9 Å². The number of anilines is 1. The minimum absolute atomic E-state index is 0.122. The number of barbiturate groups is 1. The van der Waals surface area contributed by atoms with Crippen molar-refractivity contribution < 1.29 is 28.6 Å². The molecule has 0 radical (unpaired) electrons. The fourth-order valence-corrected chi connectivity index (χ4v) is 3.79. The first kappa shape index (κ1) is 24.1. The van der Waals surface area contributed by atoms with Crippen molar-refractivity contribution in [2.75, 3.05) is 24.7 Å². The highest BCUT2D eigenvalue weighted by Gasteiger charge is 2.38. The molecule has 0 saturated carbocycles. The second kappa shape index (κ2) is 10.9. The molecule has 0 spiro atoms. The van der Waals surface area contributed by atoms with Crippen LogP contribution in [0.25, 0.3) is 6.08 Å². The Bertz CT molecular complexity index is 1170. The van der Waals surface area contributed by atoms with Crippen molar-refractivity contribution >= 4 is 52.2 Å². The highest BCUT2D eigenvalue weighted by Crippen LogP contribution is 2.35. The Labute approximate surface area is 205 Å². The minimum atomic E-state index is -0.871. The molecular weight excluding hydrogens is 539 g/mol. The van der Waals surface area contributed by atoms with Crippen LogP contribution in [0, 0.1) is 15.9 Å². The summed E-state index contributed by atoms with van der Waals surface area (Å²) in [6.07, 6.45) is 6.63. The van der Waals surface area contributed by atoms with Gasteiger partial charge in [-0.05, 0) is 72.3 Å². The number of nitrogens with one attached hydrogen (secondary N) is 1. The Balaban J connectivity index is 2.01. The van der Waals surface area contributed by atoms with Crippen molar-refractivity contribution in [2.24, 2.45) is 0 Å². The van der Waals surface area contributed by atoms with E-state index in [1.165, 1.54) is 12.1 Å². The maximum Gasteiger partial charge on any atom is 0.336 e. The first-order valence-electron chi connectivity index (χ1n) is 10.1. The molecule has 2 aromatic carbocycles. The zero-order chi connectivity index (χ0) is 24.0. The smallest absolute Gasteiger partial charge is 0.336 e. The fraction of sp³-hybridized carbons (Fsp3) is 0.208. The summed E-state index contributed by atoms with van der Waals surface area (Å²) in [6.45, 7) is 4.44. The summed E-state index contributed by atoms with van der Waals surface area (Å²) in [7, 11) is 0. The number of carbonyl (C=O) groups is 3. The van der Waals surface area contributed by atoms with Crippen LogP contribution in [0.2, 0.25) is 0 Å². The number of imide groups is 2. The van der Waals surface area contributed by atoms with E-state index in [0.29, 0.717) is 36.0 Å². The van der Waals surface area contributed by atoms with Crippen molar-refractivity contribution in [1.82, 2.24) is 5.32 Å².